The summed E-state index contributed by atoms with van der Waals surface area (Å²) in [6.07, 6.45) is 11.6. The lowest BCUT2D eigenvalue weighted by atomic mass is 9.98. The van der Waals surface area contributed by atoms with Crippen LogP contribution < -0.4 is 10.0 Å². The zero-order chi connectivity index (χ0) is 29.5. The molecule has 3 aromatic carbocycles. The molecule has 40 heavy (non-hydrogen) atoms. The molecule has 0 radical (unpaired) electrons. The highest BCUT2D eigenvalue weighted by molar-refractivity contribution is 7.98. The van der Waals surface area contributed by atoms with Crippen molar-refractivity contribution in [3.8, 4) is 0 Å². The van der Waals surface area contributed by atoms with E-state index in [2.05, 4.69) is 62.5 Å². The molecule has 0 spiro atoms. The fourth-order valence-corrected chi connectivity index (χ4v) is 5.19. The second-order valence-electron chi connectivity index (χ2n) is 9.44. The summed E-state index contributed by atoms with van der Waals surface area (Å²) in [7, 11) is -2.75. The Morgan fingerprint density at radius 3 is 2.25 bits per heavy atom. The van der Waals surface area contributed by atoms with Gasteiger partial charge in [0, 0.05) is 11.9 Å². The van der Waals surface area contributed by atoms with E-state index in [9.17, 15) is 8.60 Å². The van der Waals surface area contributed by atoms with Crippen LogP contribution in [-0.4, -0.2) is 10.1 Å². The van der Waals surface area contributed by atoms with Gasteiger partial charge in [0.15, 0.2) is 0 Å². The zero-order valence-electron chi connectivity index (χ0n) is 24.1. The van der Waals surface area contributed by atoms with Crippen molar-refractivity contribution >= 4 is 38.6 Å². The summed E-state index contributed by atoms with van der Waals surface area (Å²) in [5.41, 5.74) is 5.82. The Morgan fingerprint density at radius 1 is 0.925 bits per heavy atom. The van der Waals surface area contributed by atoms with E-state index < -0.39 is 9.71 Å². The predicted octanol–water partition coefficient (Wildman–Crippen LogP) is 9.51. The van der Waals surface area contributed by atoms with E-state index >= 15 is 0 Å². The highest BCUT2D eigenvalue weighted by atomic mass is 32.2. The molecular weight excluding hydrogens is 515 g/mol. The largest absolute Gasteiger partial charge is 0.354 e. The summed E-state index contributed by atoms with van der Waals surface area (Å²) >= 11 is 0. The van der Waals surface area contributed by atoms with Crippen LogP contribution in [0, 0.1) is 5.82 Å². The van der Waals surface area contributed by atoms with E-state index in [4.69, 9.17) is 0 Å². The fraction of sp³-hybridized carbons (Fsp3) is 0.229. The third-order valence-corrected chi connectivity index (χ3v) is 7.91. The van der Waals surface area contributed by atoms with Gasteiger partial charge in [-0.05, 0) is 70.4 Å². The van der Waals surface area contributed by atoms with Crippen LogP contribution in [0.4, 0.5) is 10.1 Å². The minimum atomic E-state index is -2.75. The molecule has 2 N–H and O–H groups in total. The normalized spacial score (nSPS) is 12.1. The maximum absolute atomic E-state index is 13.6. The molecule has 0 aliphatic heterocycles. The lowest BCUT2D eigenvalue weighted by molar-refractivity contribution is 0.627. The number of rotatable bonds is 13. The van der Waals surface area contributed by atoms with E-state index in [1.807, 2.05) is 48.6 Å². The molecule has 0 bridgehead atoms. The molecule has 212 valence electrons. The van der Waals surface area contributed by atoms with Crippen LogP contribution in [0.2, 0.25) is 0 Å². The zero-order valence-corrected chi connectivity index (χ0v) is 25.0. The monoisotopic (exact) mass is 558 g/mol. The lowest BCUT2D eigenvalue weighted by Gasteiger charge is -2.17. The Kier molecular flexibility index (Phi) is 13.2. The minimum absolute atomic E-state index is 0.291. The Bertz CT molecular complexity index is 1430. The Hall–Kier alpha value is -3.83. The van der Waals surface area contributed by atoms with Gasteiger partial charge in [-0.3, -0.25) is 0 Å². The van der Waals surface area contributed by atoms with Crippen molar-refractivity contribution in [3.63, 3.8) is 0 Å². The molecule has 0 fully saturated rings. The van der Waals surface area contributed by atoms with Crippen LogP contribution in [0.5, 0.6) is 0 Å². The van der Waals surface area contributed by atoms with Crippen LogP contribution in [0.15, 0.2) is 104 Å². The maximum Gasteiger partial charge on any atom is 0.123 e. The van der Waals surface area contributed by atoms with Gasteiger partial charge in [-0.1, -0.05) is 115 Å². The minimum Gasteiger partial charge on any atom is -0.354 e. The van der Waals surface area contributed by atoms with Crippen molar-refractivity contribution in [1.82, 2.24) is 4.72 Å². The summed E-state index contributed by atoms with van der Waals surface area (Å²) in [6, 6.07) is 19.7. The highest BCUT2D eigenvalue weighted by Gasteiger charge is 2.13. The SMILES string of the molecule is C=CNS(=C)(=O)c1ccccc1NC(=C)c1ccc(CC)c(/C=C\C(=C)c2cccc(F)c2)c1.CCCCCC. The number of aryl methyl sites for hydroxylation is 1. The molecule has 0 amide bonds. The summed E-state index contributed by atoms with van der Waals surface area (Å²) in [6.45, 7) is 18.4. The van der Waals surface area contributed by atoms with Gasteiger partial charge in [-0.2, -0.15) is 0 Å². The van der Waals surface area contributed by atoms with Crippen molar-refractivity contribution in [1.29, 1.82) is 0 Å². The second-order valence-corrected chi connectivity index (χ2v) is 11.5. The summed E-state index contributed by atoms with van der Waals surface area (Å²) in [5.74, 6) is 3.52. The van der Waals surface area contributed by atoms with Gasteiger partial charge in [0.2, 0.25) is 0 Å². The smallest absolute Gasteiger partial charge is 0.123 e. The lowest BCUT2D eigenvalue weighted by Crippen LogP contribution is -2.18. The molecule has 5 heteroatoms. The van der Waals surface area contributed by atoms with Gasteiger partial charge in [-0.15, -0.1) is 0 Å². The summed E-state index contributed by atoms with van der Waals surface area (Å²) in [4.78, 5) is 0.535. The Labute approximate surface area is 241 Å². The predicted molar refractivity (Wildman–Crippen MR) is 176 cm³/mol. The van der Waals surface area contributed by atoms with Crippen LogP contribution in [0.1, 0.15) is 68.7 Å². The quantitative estimate of drug-likeness (QED) is 0.125. The molecule has 3 nitrogen and oxygen atoms in total. The first-order chi connectivity index (χ1) is 19.2. The first kappa shape index (κ1) is 32.4. The average molecular weight is 559 g/mol. The van der Waals surface area contributed by atoms with Crippen molar-refractivity contribution in [2.24, 2.45) is 0 Å². The third kappa shape index (κ3) is 9.73. The van der Waals surface area contributed by atoms with Crippen molar-refractivity contribution in [2.45, 2.75) is 57.8 Å². The number of halogens is 1. The standard InChI is InChI=1S/C29H29FN2OS.C6H14/c1-6-23-17-18-25(19-26(23)16-15-21(3)24-11-10-12-27(30)20-24)22(4)32-28-13-8-9-14-29(28)34(5,33)31-7-2;1-3-5-6-4-2/h7-20,32H,2-6H2,1H3,(H,31,33);3-6H2,1-2H3/b16-15-;. The van der Waals surface area contributed by atoms with E-state index in [1.54, 1.807) is 12.1 Å². The Morgan fingerprint density at radius 2 is 1.62 bits per heavy atom. The van der Waals surface area contributed by atoms with Crippen LogP contribution in [0.3, 0.4) is 0 Å². The molecular formula is C35H43FN2OS. The fourth-order valence-electron chi connectivity index (χ4n) is 4.02. The molecule has 1 atom stereocenters. The first-order valence-corrected chi connectivity index (χ1v) is 15.5. The van der Waals surface area contributed by atoms with Gasteiger partial charge < -0.3 is 10.0 Å². The molecule has 3 rings (SSSR count). The number of anilines is 1. The van der Waals surface area contributed by atoms with E-state index in [0.717, 1.165) is 34.2 Å². The molecule has 3 aromatic rings. The van der Waals surface area contributed by atoms with Crippen LogP contribution in [0.25, 0.3) is 17.3 Å². The topological polar surface area (TPSA) is 41.1 Å². The number of unbranched alkanes of at least 4 members (excludes halogenated alkanes) is 3. The molecule has 0 heterocycles. The highest BCUT2D eigenvalue weighted by Crippen LogP contribution is 2.27. The third-order valence-electron chi connectivity index (χ3n) is 6.29. The number of benzene rings is 3. The second kappa shape index (κ2) is 16.3. The van der Waals surface area contributed by atoms with Crippen molar-refractivity contribution < 1.29 is 8.60 Å². The number of nitrogens with one attached hydrogen (secondary N) is 2. The van der Waals surface area contributed by atoms with E-state index in [0.29, 0.717) is 16.3 Å². The molecule has 0 aromatic heterocycles. The van der Waals surface area contributed by atoms with Gasteiger partial charge in [-0.25, -0.2) is 8.60 Å². The average Bonchev–Trinajstić information content (AvgIpc) is 2.95. The van der Waals surface area contributed by atoms with Crippen LogP contribution >= 0.6 is 0 Å². The van der Waals surface area contributed by atoms with Gasteiger partial charge in [0.25, 0.3) is 0 Å². The number of para-hydroxylation sites is 1. The molecule has 0 saturated carbocycles. The number of hydrogen-bond donors (Lipinski definition) is 2. The summed E-state index contributed by atoms with van der Waals surface area (Å²) < 4.78 is 29.2. The van der Waals surface area contributed by atoms with Crippen LogP contribution in [-0.2, 0) is 16.1 Å². The first-order valence-electron chi connectivity index (χ1n) is 13.7. The number of hydrogen-bond acceptors (Lipinski definition) is 2. The van der Waals surface area contributed by atoms with E-state index in [1.165, 1.54) is 44.0 Å². The molecule has 0 aliphatic rings. The van der Waals surface area contributed by atoms with Gasteiger partial charge in [0.1, 0.15) is 5.82 Å². The summed E-state index contributed by atoms with van der Waals surface area (Å²) in [5, 5.41) is 3.28. The van der Waals surface area contributed by atoms with Crippen molar-refractivity contribution in [3.05, 3.63) is 127 Å². The molecule has 0 saturated heterocycles. The number of allylic oxidation sites excluding steroid dienone is 2. The van der Waals surface area contributed by atoms with E-state index in [-0.39, 0.29) is 5.82 Å². The van der Waals surface area contributed by atoms with Gasteiger partial charge in [0.05, 0.1) is 20.3 Å². The maximum atomic E-state index is 13.6. The molecule has 0 aliphatic carbocycles. The molecule has 1 unspecified atom stereocenters. The van der Waals surface area contributed by atoms with Gasteiger partial charge >= 0.3 is 0 Å². The van der Waals surface area contributed by atoms with Crippen molar-refractivity contribution in [2.75, 3.05) is 5.32 Å². The Balaban J connectivity index is 0.000000840.